The van der Waals surface area contributed by atoms with Gasteiger partial charge in [0.2, 0.25) is 5.91 Å². The molecule has 4 aliphatic rings. The number of amides is 2. The standard InChI is InChI=1S/C27H32N2O6/c1-16-9-7-10-17(2)22(16)28-13-8-12-27-21(24(31)29(18(3)15-30)23(27)25(28)32)20-19(35-27)11-5-4-6-14-34-26(20)33/h5,7-12,18-21,23,30H,4,6,13-15H2,1-3H3/b11-5-/t18-,19+,20-,21+,23?,27+/m1/s1. The molecule has 8 nitrogen and oxygen atoms in total. The van der Waals surface area contributed by atoms with Crippen molar-refractivity contribution in [1.82, 2.24) is 4.90 Å². The van der Waals surface area contributed by atoms with Crippen molar-refractivity contribution in [3.63, 3.8) is 0 Å². The highest BCUT2D eigenvalue weighted by Crippen LogP contribution is 2.54. The SMILES string of the molecule is Cc1cccc(C)c1N1CC=C[C@]23O[C@H]4/C=C\CCCOC(=O)[C@H]4[C@H]2C(=O)N([C@H](C)CO)C3C1=O. The molecular formula is C27H32N2O6. The zero-order valence-electron chi connectivity index (χ0n) is 20.3. The van der Waals surface area contributed by atoms with Crippen LogP contribution in [0.4, 0.5) is 5.69 Å². The number of para-hydroxylation sites is 1. The van der Waals surface area contributed by atoms with Gasteiger partial charge in [0.15, 0.2) is 0 Å². The second kappa shape index (κ2) is 8.91. The van der Waals surface area contributed by atoms with Crippen LogP contribution in [0.15, 0.2) is 42.5 Å². The molecule has 186 valence electrons. The van der Waals surface area contributed by atoms with Gasteiger partial charge in [0.1, 0.15) is 17.6 Å². The third kappa shape index (κ3) is 3.53. The summed E-state index contributed by atoms with van der Waals surface area (Å²) >= 11 is 0. The maximum atomic E-state index is 14.3. The van der Waals surface area contributed by atoms with Crippen LogP contribution in [-0.2, 0) is 23.9 Å². The summed E-state index contributed by atoms with van der Waals surface area (Å²) in [5.74, 6) is -2.91. The summed E-state index contributed by atoms with van der Waals surface area (Å²) in [7, 11) is 0. The van der Waals surface area contributed by atoms with Crippen molar-refractivity contribution in [3.05, 3.63) is 53.6 Å². The smallest absolute Gasteiger partial charge is 0.312 e. The van der Waals surface area contributed by atoms with Crippen LogP contribution in [0, 0.1) is 25.7 Å². The number of rotatable bonds is 3. The number of esters is 1. The molecule has 0 bridgehead atoms. The van der Waals surface area contributed by atoms with Crippen molar-refractivity contribution in [3.8, 4) is 0 Å². The van der Waals surface area contributed by atoms with E-state index in [-0.39, 0.29) is 25.0 Å². The highest BCUT2D eigenvalue weighted by Gasteiger charge is 2.72. The third-order valence-corrected chi connectivity index (χ3v) is 7.74. The lowest BCUT2D eigenvalue weighted by Crippen LogP contribution is -2.58. The van der Waals surface area contributed by atoms with Crippen molar-refractivity contribution in [2.24, 2.45) is 11.8 Å². The van der Waals surface area contributed by atoms with Crippen LogP contribution in [-0.4, -0.2) is 71.3 Å². The monoisotopic (exact) mass is 480 g/mol. The number of aryl methyl sites for hydroxylation is 2. The van der Waals surface area contributed by atoms with Crippen molar-refractivity contribution < 1.29 is 29.0 Å². The lowest BCUT2D eigenvalue weighted by molar-refractivity contribution is -0.155. The molecule has 2 amide bonds. The molecule has 1 aromatic rings. The van der Waals surface area contributed by atoms with E-state index in [9.17, 15) is 19.5 Å². The average Bonchev–Trinajstić information content (AvgIpc) is 3.25. The Morgan fingerprint density at radius 3 is 2.60 bits per heavy atom. The number of aliphatic hydroxyl groups is 1. The van der Waals surface area contributed by atoms with Gasteiger partial charge in [0.25, 0.3) is 5.91 Å². The van der Waals surface area contributed by atoms with Gasteiger partial charge in [-0.3, -0.25) is 14.4 Å². The minimum Gasteiger partial charge on any atom is -0.465 e. The summed E-state index contributed by atoms with van der Waals surface area (Å²) in [6, 6.07) is 4.20. The topological polar surface area (TPSA) is 96.4 Å². The first-order chi connectivity index (χ1) is 16.8. The molecular weight excluding hydrogens is 448 g/mol. The van der Waals surface area contributed by atoms with Crippen LogP contribution in [0.5, 0.6) is 0 Å². The van der Waals surface area contributed by atoms with Gasteiger partial charge in [0.05, 0.1) is 31.3 Å². The van der Waals surface area contributed by atoms with Gasteiger partial charge in [-0.05, 0) is 44.7 Å². The zero-order valence-corrected chi connectivity index (χ0v) is 20.3. The molecule has 8 heteroatoms. The number of likely N-dealkylation sites (tertiary alicyclic amines) is 1. The van der Waals surface area contributed by atoms with Crippen LogP contribution in [0.25, 0.3) is 0 Å². The number of benzene rings is 1. The third-order valence-electron chi connectivity index (χ3n) is 7.74. The predicted octanol–water partition coefficient (Wildman–Crippen LogP) is 2.06. The number of allylic oxidation sites excluding steroid dienone is 1. The highest BCUT2D eigenvalue weighted by atomic mass is 16.6. The molecule has 2 saturated heterocycles. The maximum Gasteiger partial charge on any atom is 0.312 e. The Labute approximate surface area is 205 Å². The Morgan fingerprint density at radius 1 is 1.14 bits per heavy atom. The number of anilines is 1. The van der Waals surface area contributed by atoms with Crippen LogP contribution < -0.4 is 4.90 Å². The van der Waals surface area contributed by atoms with Crippen molar-refractivity contribution in [1.29, 1.82) is 0 Å². The quantitative estimate of drug-likeness (QED) is 0.526. The molecule has 0 radical (unpaired) electrons. The van der Waals surface area contributed by atoms with E-state index in [1.807, 2.05) is 50.3 Å². The van der Waals surface area contributed by atoms with E-state index < -0.39 is 41.6 Å². The van der Waals surface area contributed by atoms with Crippen molar-refractivity contribution in [2.75, 3.05) is 24.7 Å². The highest BCUT2D eigenvalue weighted by molar-refractivity contribution is 6.06. The Hall–Kier alpha value is -2.97. The predicted molar refractivity (Wildman–Crippen MR) is 129 cm³/mol. The zero-order chi connectivity index (χ0) is 24.9. The lowest BCUT2D eigenvalue weighted by atomic mass is 9.78. The normalized spacial score (nSPS) is 34.2. The van der Waals surface area contributed by atoms with E-state index in [0.717, 1.165) is 23.2 Å². The molecule has 1 N–H and O–H groups in total. The number of carbonyl (C=O) groups is 3. The van der Waals surface area contributed by atoms with Crippen LogP contribution >= 0.6 is 0 Å². The minimum absolute atomic E-state index is 0.273. The van der Waals surface area contributed by atoms with Gasteiger partial charge in [0, 0.05) is 12.2 Å². The van der Waals surface area contributed by atoms with Gasteiger partial charge < -0.3 is 24.4 Å². The Bertz CT molecular complexity index is 1090. The fourth-order valence-electron chi connectivity index (χ4n) is 6.19. The Kier molecular flexibility index (Phi) is 6.05. The van der Waals surface area contributed by atoms with Gasteiger partial charge >= 0.3 is 5.97 Å². The van der Waals surface area contributed by atoms with Crippen LogP contribution in [0.3, 0.4) is 0 Å². The fourth-order valence-corrected chi connectivity index (χ4v) is 6.19. The summed E-state index contributed by atoms with van der Waals surface area (Å²) in [6.45, 7) is 5.88. The second-order valence-corrected chi connectivity index (χ2v) is 9.95. The summed E-state index contributed by atoms with van der Waals surface area (Å²) < 4.78 is 12.1. The Balaban J connectivity index is 1.66. The first kappa shape index (κ1) is 23.8. The molecule has 5 rings (SSSR count). The number of aliphatic hydroxyl groups excluding tert-OH is 1. The number of nitrogens with zero attached hydrogens (tertiary/aromatic N) is 2. The number of hydrogen-bond donors (Lipinski definition) is 1. The average molecular weight is 481 g/mol. The van der Waals surface area contributed by atoms with Crippen molar-refractivity contribution >= 4 is 23.5 Å². The van der Waals surface area contributed by atoms with Crippen molar-refractivity contribution in [2.45, 2.75) is 57.4 Å². The first-order valence-corrected chi connectivity index (χ1v) is 12.3. The van der Waals surface area contributed by atoms with E-state index in [1.165, 1.54) is 4.90 Å². The fraction of sp³-hybridized carbons (Fsp3) is 0.519. The minimum atomic E-state index is -1.33. The number of fused-ring (bicyclic) bond motifs is 2. The van der Waals surface area contributed by atoms with E-state index in [2.05, 4.69) is 0 Å². The molecule has 1 spiro atoms. The molecule has 1 unspecified atom stereocenters. The summed E-state index contributed by atoms with van der Waals surface area (Å²) in [5, 5.41) is 10.0. The van der Waals surface area contributed by atoms with Gasteiger partial charge in [-0.2, -0.15) is 0 Å². The molecule has 0 aliphatic carbocycles. The molecule has 0 saturated carbocycles. The van der Waals surface area contributed by atoms with E-state index in [1.54, 1.807) is 17.9 Å². The maximum absolute atomic E-state index is 14.3. The Morgan fingerprint density at radius 2 is 1.89 bits per heavy atom. The van der Waals surface area contributed by atoms with E-state index >= 15 is 0 Å². The number of hydrogen-bond acceptors (Lipinski definition) is 6. The molecule has 2 fully saturated rings. The number of ether oxygens (including phenoxy) is 2. The number of carbonyl (C=O) groups excluding carboxylic acids is 3. The summed E-state index contributed by atoms with van der Waals surface area (Å²) in [4.78, 5) is 44.6. The van der Waals surface area contributed by atoms with Gasteiger partial charge in [-0.1, -0.05) is 42.5 Å². The molecule has 35 heavy (non-hydrogen) atoms. The largest absolute Gasteiger partial charge is 0.465 e. The molecule has 6 atom stereocenters. The molecule has 4 aliphatic heterocycles. The molecule has 0 aromatic heterocycles. The molecule has 4 heterocycles. The van der Waals surface area contributed by atoms with E-state index in [4.69, 9.17) is 9.47 Å². The first-order valence-electron chi connectivity index (χ1n) is 12.3. The van der Waals surface area contributed by atoms with Gasteiger partial charge in [-0.15, -0.1) is 0 Å². The number of cyclic esters (lactones) is 1. The molecule has 1 aromatic carbocycles. The van der Waals surface area contributed by atoms with Gasteiger partial charge in [-0.25, -0.2) is 0 Å². The lowest BCUT2D eigenvalue weighted by Gasteiger charge is -2.38. The second-order valence-electron chi connectivity index (χ2n) is 9.95. The summed E-state index contributed by atoms with van der Waals surface area (Å²) in [6.07, 6.45) is 8.21. The summed E-state index contributed by atoms with van der Waals surface area (Å²) in [5.41, 5.74) is 1.36. The van der Waals surface area contributed by atoms with Crippen LogP contribution in [0.1, 0.15) is 30.9 Å². The van der Waals surface area contributed by atoms with E-state index in [0.29, 0.717) is 13.0 Å². The van der Waals surface area contributed by atoms with Crippen LogP contribution in [0.2, 0.25) is 0 Å².